The third-order valence-electron chi connectivity index (χ3n) is 4.81. The molecule has 0 spiro atoms. The first kappa shape index (κ1) is 23.8. The second-order valence-electron chi connectivity index (χ2n) is 6.54. The number of hydrogen-bond acceptors (Lipinski definition) is 4. The van der Waals surface area contributed by atoms with E-state index in [1.807, 2.05) is 18.7 Å². The smallest absolute Gasteiger partial charge is 0.450 e. The lowest BCUT2D eigenvalue weighted by Crippen LogP contribution is -2.23. The van der Waals surface area contributed by atoms with Crippen LogP contribution in [-0.2, 0) is 12.7 Å². The normalized spacial score (nSPS) is 11.7. The van der Waals surface area contributed by atoms with Crippen molar-refractivity contribution in [1.29, 1.82) is 0 Å². The molecule has 0 atom stereocenters. The summed E-state index contributed by atoms with van der Waals surface area (Å²) in [5.74, 6) is -1.62. The van der Waals surface area contributed by atoms with Crippen molar-refractivity contribution in [3.8, 4) is 16.9 Å². The molecule has 1 aromatic heterocycles. The van der Waals surface area contributed by atoms with Gasteiger partial charge in [-0.3, -0.25) is 9.69 Å². The molecule has 30 heavy (non-hydrogen) atoms. The van der Waals surface area contributed by atoms with Gasteiger partial charge in [-0.2, -0.15) is 13.2 Å². The van der Waals surface area contributed by atoms with Crippen molar-refractivity contribution in [1.82, 2.24) is 4.90 Å². The van der Waals surface area contributed by atoms with Crippen LogP contribution in [0.3, 0.4) is 0 Å². The van der Waals surface area contributed by atoms with Gasteiger partial charge in [-0.25, -0.2) is 0 Å². The summed E-state index contributed by atoms with van der Waals surface area (Å²) in [6, 6.07) is 8.07. The van der Waals surface area contributed by atoms with Crippen molar-refractivity contribution in [3.05, 3.63) is 63.0 Å². The number of fused-ring (bicyclic) bond motifs is 1. The Morgan fingerprint density at radius 1 is 1.07 bits per heavy atom. The van der Waals surface area contributed by atoms with Crippen molar-refractivity contribution in [2.24, 2.45) is 0 Å². The van der Waals surface area contributed by atoms with E-state index in [4.69, 9.17) is 16.0 Å². The second-order valence-corrected chi connectivity index (χ2v) is 6.98. The van der Waals surface area contributed by atoms with Gasteiger partial charge in [-0.05, 0) is 42.9 Å². The molecule has 3 rings (SSSR count). The number of aromatic hydroxyl groups is 1. The molecule has 0 aliphatic rings. The van der Waals surface area contributed by atoms with Crippen LogP contribution >= 0.6 is 11.6 Å². The van der Waals surface area contributed by atoms with Crippen LogP contribution < -0.4 is 5.43 Å². The number of nitrogens with zero attached hydrogens (tertiary/aromatic N) is 1. The monoisotopic (exact) mass is 441 g/mol. The Bertz CT molecular complexity index is 1090. The van der Waals surface area contributed by atoms with Crippen LogP contribution in [0.1, 0.15) is 32.6 Å². The van der Waals surface area contributed by atoms with E-state index in [1.165, 1.54) is 36.4 Å². The zero-order chi connectivity index (χ0) is 21.3. The molecule has 0 saturated carbocycles. The van der Waals surface area contributed by atoms with Gasteiger partial charge in [0.1, 0.15) is 11.3 Å². The number of phenols is 1. The van der Waals surface area contributed by atoms with E-state index in [-0.39, 0.29) is 41.8 Å². The Hall–Kier alpha value is -2.51. The summed E-state index contributed by atoms with van der Waals surface area (Å²) in [5, 5.41) is 10.6. The number of halogens is 4. The summed E-state index contributed by atoms with van der Waals surface area (Å²) in [6.45, 7) is 5.16. The van der Waals surface area contributed by atoms with E-state index in [9.17, 15) is 23.1 Å². The lowest BCUT2D eigenvalue weighted by atomic mass is 10.00. The van der Waals surface area contributed by atoms with Gasteiger partial charge in [-0.15, -0.1) is 0 Å². The fourth-order valence-electron chi connectivity index (χ4n) is 3.21. The molecule has 0 bridgehead atoms. The number of rotatable bonds is 5. The lowest BCUT2D eigenvalue weighted by Gasteiger charge is -2.20. The highest BCUT2D eigenvalue weighted by Crippen LogP contribution is 2.39. The van der Waals surface area contributed by atoms with Gasteiger partial charge in [0.15, 0.2) is 0 Å². The van der Waals surface area contributed by atoms with Gasteiger partial charge in [0.2, 0.25) is 11.2 Å². The fourth-order valence-corrected chi connectivity index (χ4v) is 3.33. The van der Waals surface area contributed by atoms with Gasteiger partial charge >= 0.3 is 6.18 Å². The van der Waals surface area contributed by atoms with Crippen LogP contribution in [0.2, 0.25) is 5.02 Å². The van der Waals surface area contributed by atoms with E-state index in [1.54, 1.807) is 0 Å². The van der Waals surface area contributed by atoms with Crippen LogP contribution in [0.5, 0.6) is 5.75 Å². The predicted octanol–water partition coefficient (Wildman–Crippen LogP) is 6.32. The summed E-state index contributed by atoms with van der Waals surface area (Å²) in [6.07, 6.45) is -4.90. The average molecular weight is 442 g/mol. The number of phenolic OH excluding ortho intramolecular Hbond substituents is 1. The molecule has 1 N–H and O–H groups in total. The largest absolute Gasteiger partial charge is 0.507 e. The summed E-state index contributed by atoms with van der Waals surface area (Å²) in [4.78, 5) is 15.0. The average Bonchev–Trinajstić information content (AvgIpc) is 2.67. The zero-order valence-electron chi connectivity index (χ0n) is 15.8. The minimum atomic E-state index is -4.90. The van der Waals surface area contributed by atoms with E-state index < -0.39 is 22.9 Å². The van der Waals surface area contributed by atoms with Crippen LogP contribution in [0.15, 0.2) is 45.6 Å². The summed E-state index contributed by atoms with van der Waals surface area (Å²) < 4.78 is 46.7. The molecule has 0 fully saturated rings. The molecular weight excluding hydrogens is 419 g/mol. The summed E-state index contributed by atoms with van der Waals surface area (Å²) >= 11 is 5.82. The Morgan fingerprint density at radius 3 is 2.20 bits per heavy atom. The zero-order valence-corrected chi connectivity index (χ0v) is 16.6. The molecule has 0 saturated heterocycles. The number of benzene rings is 2. The van der Waals surface area contributed by atoms with Crippen molar-refractivity contribution >= 4 is 22.6 Å². The Kier molecular flexibility index (Phi) is 7.21. The molecule has 2 aromatic carbocycles. The van der Waals surface area contributed by atoms with Gasteiger partial charge in [0.25, 0.3) is 0 Å². The van der Waals surface area contributed by atoms with Crippen molar-refractivity contribution < 1.29 is 22.7 Å². The maximum Gasteiger partial charge on any atom is 0.450 e. The van der Waals surface area contributed by atoms with Gasteiger partial charge in [0, 0.05) is 11.6 Å². The molecule has 0 amide bonds. The molecule has 0 aliphatic heterocycles. The second kappa shape index (κ2) is 9.10. The minimum Gasteiger partial charge on any atom is -0.507 e. The molecule has 162 valence electrons. The summed E-state index contributed by atoms with van der Waals surface area (Å²) in [5.41, 5.74) is -1.46. The molecule has 3 aromatic rings. The highest BCUT2D eigenvalue weighted by atomic mass is 35.5. The van der Waals surface area contributed by atoms with Gasteiger partial charge in [-0.1, -0.05) is 45.0 Å². The highest BCUT2D eigenvalue weighted by Gasteiger charge is 2.39. The molecule has 1 heterocycles. The quantitative estimate of drug-likeness (QED) is 0.503. The maximum absolute atomic E-state index is 13.8. The number of hydrogen-bond donors (Lipinski definition) is 1. The Balaban J connectivity index is 0.00000320. The standard InChI is InChI=1S/C21H19ClF3NO3.CH4/c1-3-26(4-2)11-15-16(27)10-9-14-18(28)17(12-5-7-13(22)8-6-12)20(21(23,24)25)29-19(14)15;/h5-10,27H,3-4,11H2,1-2H3;1H4. The first-order valence-electron chi connectivity index (χ1n) is 9.04. The third-order valence-corrected chi connectivity index (χ3v) is 5.06. The molecule has 0 aliphatic carbocycles. The van der Waals surface area contributed by atoms with E-state index in [2.05, 4.69) is 0 Å². The SMILES string of the molecule is C.CCN(CC)Cc1c(O)ccc2c(=O)c(-c3ccc(Cl)cc3)c(C(F)(F)F)oc12. The Labute approximate surface area is 177 Å². The predicted molar refractivity (Wildman–Crippen MR) is 113 cm³/mol. The number of alkyl halides is 3. The van der Waals surface area contributed by atoms with E-state index in [0.717, 1.165) is 0 Å². The molecule has 4 nitrogen and oxygen atoms in total. The van der Waals surface area contributed by atoms with Crippen LogP contribution in [0.4, 0.5) is 13.2 Å². The first-order chi connectivity index (χ1) is 13.7. The molecule has 8 heteroatoms. The highest BCUT2D eigenvalue weighted by molar-refractivity contribution is 6.30. The minimum absolute atomic E-state index is 0. The van der Waals surface area contributed by atoms with Gasteiger partial charge < -0.3 is 9.52 Å². The maximum atomic E-state index is 13.8. The van der Waals surface area contributed by atoms with Crippen molar-refractivity contribution in [2.45, 2.75) is 34.0 Å². The summed E-state index contributed by atoms with van der Waals surface area (Å²) in [7, 11) is 0. The molecule has 0 radical (unpaired) electrons. The molecule has 0 unspecified atom stereocenters. The van der Waals surface area contributed by atoms with Crippen LogP contribution in [0.25, 0.3) is 22.1 Å². The third kappa shape index (κ3) is 4.47. The van der Waals surface area contributed by atoms with E-state index in [0.29, 0.717) is 18.1 Å². The van der Waals surface area contributed by atoms with E-state index >= 15 is 0 Å². The van der Waals surface area contributed by atoms with Crippen LogP contribution in [0, 0.1) is 0 Å². The van der Waals surface area contributed by atoms with Crippen molar-refractivity contribution in [2.75, 3.05) is 13.1 Å². The lowest BCUT2D eigenvalue weighted by molar-refractivity contribution is -0.152. The van der Waals surface area contributed by atoms with Crippen LogP contribution in [-0.4, -0.2) is 23.1 Å². The fraction of sp³-hybridized carbons (Fsp3) is 0.318. The van der Waals surface area contributed by atoms with Gasteiger partial charge in [0.05, 0.1) is 16.5 Å². The Morgan fingerprint density at radius 2 is 1.67 bits per heavy atom. The first-order valence-corrected chi connectivity index (χ1v) is 9.42. The molecular formula is C22H23ClF3NO3. The van der Waals surface area contributed by atoms with Crippen molar-refractivity contribution in [3.63, 3.8) is 0 Å². The topological polar surface area (TPSA) is 53.7 Å².